The van der Waals surface area contributed by atoms with E-state index in [0.29, 0.717) is 23.5 Å². The molecule has 0 heterocycles. The minimum atomic E-state index is 0.0883. The second-order valence-corrected chi connectivity index (χ2v) is 7.05. The molecule has 0 radical (unpaired) electrons. The fourth-order valence-corrected chi connectivity index (χ4v) is 4.60. The van der Waals surface area contributed by atoms with Crippen LogP contribution in [-0.4, -0.2) is 11.8 Å². The number of nitrogens with two attached hydrogens (primary N) is 1. The van der Waals surface area contributed by atoms with Crippen LogP contribution >= 0.6 is 0 Å². The molecule has 3 aliphatic carbocycles. The Balaban J connectivity index is 1.59. The molecular weight excluding hydrogens is 246 g/mol. The summed E-state index contributed by atoms with van der Waals surface area (Å²) in [5.41, 5.74) is 8.58. The second kappa shape index (κ2) is 4.70. The van der Waals surface area contributed by atoms with Gasteiger partial charge in [0.15, 0.2) is 5.78 Å². The third kappa shape index (κ3) is 1.85. The van der Waals surface area contributed by atoms with Gasteiger partial charge in [-0.1, -0.05) is 24.6 Å². The summed E-state index contributed by atoms with van der Waals surface area (Å²) in [4.78, 5) is 12.8. The summed E-state index contributed by atoms with van der Waals surface area (Å²) in [6.45, 7) is 0. The van der Waals surface area contributed by atoms with E-state index in [1.165, 1.54) is 44.1 Å². The van der Waals surface area contributed by atoms with E-state index in [4.69, 9.17) is 5.73 Å². The van der Waals surface area contributed by atoms with Gasteiger partial charge in [-0.25, -0.2) is 0 Å². The van der Waals surface area contributed by atoms with Gasteiger partial charge in [0.1, 0.15) is 0 Å². The molecule has 2 N–H and O–H groups in total. The molecule has 1 aromatic rings. The van der Waals surface area contributed by atoms with Gasteiger partial charge in [-0.05, 0) is 61.5 Å². The Bertz CT molecular complexity index is 532. The van der Waals surface area contributed by atoms with Gasteiger partial charge in [0, 0.05) is 17.5 Å². The summed E-state index contributed by atoms with van der Waals surface area (Å²) >= 11 is 0. The summed E-state index contributed by atoms with van der Waals surface area (Å²) in [6.07, 6.45) is 7.52. The zero-order chi connectivity index (χ0) is 13.7. The first kappa shape index (κ1) is 12.6. The van der Waals surface area contributed by atoms with E-state index in [0.717, 1.165) is 5.56 Å². The molecule has 4 atom stereocenters. The number of hydrogen-bond donors (Lipinski definition) is 1. The number of hydrogen-bond acceptors (Lipinski definition) is 2. The maximum Gasteiger partial charge on any atom is 0.167 e. The van der Waals surface area contributed by atoms with Crippen molar-refractivity contribution in [1.82, 2.24) is 0 Å². The lowest BCUT2D eigenvalue weighted by atomic mass is 9.77. The highest BCUT2D eigenvalue weighted by molar-refractivity contribution is 5.99. The molecule has 106 valence electrons. The van der Waals surface area contributed by atoms with Gasteiger partial charge in [-0.15, -0.1) is 0 Å². The Morgan fingerprint density at radius 1 is 1.10 bits per heavy atom. The maximum absolute atomic E-state index is 12.8. The molecule has 1 aromatic carbocycles. The average Bonchev–Trinajstić information content (AvgIpc) is 2.97. The highest BCUT2D eigenvalue weighted by Crippen LogP contribution is 2.48. The second-order valence-electron chi connectivity index (χ2n) is 7.05. The summed E-state index contributed by atoms with van der Waals surface area (Å²) in [6, 6.07) is 8.48. The van der Waals surface area contributed by atoms with Crippen LogP contribution in [-0.2, 0) is 0 Å². The molecule has 0 amide bonds. The standard InChI is InChI=1S/C18H23NO/c19-17-14-8-7-13(10-14)16(17)18(20)15-6-2-5-12(9-15)11-3-1-4-11/h2,5-6,9,11,13-14,16-17H,1,3-4,7-8,10,19H2. The van der Waals surface area contributed by atoms with Gasteiger partial charge in [-0.2, -0.15) is 0 Å². The number of benzene rings is 1. The molecule has 2 heteroatoms. The van der Waals surface area contributed by atoms with Crippen molar-refractivity contribution < 1.29 is 4.79 Å². The molecule has 0 saturated heterocycles. The van der Waals surface area contributed by atoms with Crippen molar-refractivity contribution in [1.29, 1.82) is 0 Å². The number of carbonyl (C=O) groups excluding carboxylic acids is 1. The van der Waals surface area contributed by atoms with E-state index in [-0.39, 0.29) is 12.0 Å². The fraction of sp³-hybridized carbons (Fsp3) is 0.611. The molecule has 2 bridgehead atoms. The molecule has 3 saturated carbocycles. The summed E-state index contributed by atoms with van der Waals surface area (Å²) in [7, 11) is 0. The van der Waals surface area contributed by atoms with Gasteiger partial charge in [-0.3, -0.25) is 4.79 Å². The molecular formula is C18H23NO. The van der Waals surface area contributed by atoms with Gasteiger partial charge in [0.05, 0.1) is 0 Å². The quantitative estimate of drug-likeness (QED) is 0.853. The van der Waals surface area contributed by atoms with Crippen molar-refractivity contribution in [2.45, 2.75) is 50.5 Å². The fourth-order valence-electron chi connectivity index (χ4n) is 4.60. The van der Waals surface area contributed by atoms with E-state index in [2.05, 4.69) is 18.2 Å². The van der Waals surface area contributed by atoms with Crippen molar-refractivity contribution in [2.75, 3.05) is 0 Å². The maximum atomic E-state index is 12.8. The molecule has 3 fully saturated rings. The average molecular weight is 269 g/mol. The molecule has 20 heavy (non-hydrogen) atoms. The number of carbonyl (C=O) groups is 1. The molecule has 0 aromatic heterocycles. The van der Waals surface area contributed by atoms with Crippen LogP contribution in [0.3, 0.4) is 0 Å². The Labute approximate surface area is 120 Å². The number of Topliss-reactive ketones (excluding diaryl/α,β-unsaturated/α-hetero) is 1. The van der Waals surface area contributed by atoms with Gasteiger partial charge < -0.3 is 5.73 Å². The summed E-state index contributed by atoms with van der Waals surface area (Å²) < 4.78 is 0. The van der Waals surface area contributed by atoms with Crippen LogP contribution in [0.15, 0.2) is 24.3 Å². The van der Waals surface area contributed by atoms with Gasteiger partial charge in [0.25, 0.3) is 0 Å². The zero-order valence-electron chi connectivity index (χ0n) is 11.9. The van der Waals surface area contributed by atoms with Crippen LogP contribution in [0.25, 0.3) is 0 Å². The van der Waals surface area contributed by atoms with Gasteiger partial charge >= 0.3 is 0 Å². The number of rotatable bonds is 3. The Kier molecular flexibility index (Phi) is 2.95. The summed E-state index contributed by atoms with van der Waals surface area (Å²) in [5, 5.41) is 0. The monoisotopic (exact) mass is 269 g/mol. The highest BCUT2D eigenvalue weighted by atomic mass is 16.1. The lowest BCUT2D eigenvalue weighted by molar-refractivity contribution is 0.0856. The highest BCUT2D eigenvalue weighted by Gasteiger charge is 2.49. The van der Waals surface area contributed by atoms with Crippen molar-refractivity contribution >= 4 is 5.78 Å². The first-order chi connectivity index (χ1) is 9.74. The van der Waals surface area contributed by atoms with Crippen LogP contribution in [0.5, 0.6) is 0 Å². The third-order valence-corrected chi connectivity index (χ3v) is 6.03. The number of ketones is 1. The first-order valence-electron chi connectivity index (χ1n) is 8.14. The summed E-state index contributed by atoms with van der Waals surface area (Å²) in [5.74, 6) is 2.24. The predicted octanol–water partition coefficient (Wildman–Crippen LogP) is 3.51. The van der Waals surface area contributed by atoms with Crippen LogP contribution in [0, 0.1) is 17.8 Å². The van der Waals surface area contributed by atoms with E-state index >= 15 is 0 Å². The Morgan fingerprint density at radius 3 is 2.55 bits per heavy atom. The lowest BCUT2D eigenvalue weighted by Gasteiger charge is -2.28. The van der Waals surface area contributed by atoms with Crippen LogP contribution < -0.4 is 5.73 Å². The topological polar surface area (TPSA) is 43.1 Å². The van der Waals surface area contributed by atoms with Gasteiger partial charge in [0.2, 0.25) is 0 Å². The number of fused-ring (bicyclic) bond motifs is 2. The van der Waals surface area contributed by atoms with E-state index in [1.807, 2.05) is 6.07 Å². The Hall–Kier alpha value is -1.15. The first-order valence-corrected chi connectivity index (χ1v) is 8.14. The van der Waals surface area contributed by atoms with Crippen molar-refractivity contribution in [3.63, 3.8) is 0 Å². The molecule has 0 aliphatic heterocycles. The molecule has 3 aliphatic rings. The van der Waals surface area contributed by atoms with E-state index in [9.17, 15) is 4.79 Å². The molecule has 4 unspecified atom stereocenters. The van der Waals surface area contributed by atoms with E-state index < -0.39 is 0 Å². The Morgan fingerprint density at radius 2 is 1.90 bits per heavy atom. The lowest BCUT2D eigenvalue weighted by Crippen LogP contribution is -2.40. The minimum Gasteiger partial charge on any atom is -0.327 e. The van der Waals surface area contributed by atoms with Crippen LogP contribution in [0.2, 0.25) is 0 Å². The molecule has 2 nitrogen and oxygen atoms in total. The zero-order valence-corrected chi connectivity index (χ0v) is 11.9. The normalized spacial score (nSPS) is 36.0. The third-order valence-electron chi connectivity index (χ3n) is 6.03. The smallest absolute Gasteiger partial charge is 0.167 e. The van der Waals surface area contributed by atoms with Crippen molar-refractivity contribution in [3.8, 4) is 0 Å². The molecule has 0 spiro atoms. The molecule has 4 rings (SSSR count). The van der Waals surface area contributed by atoms with Crippen molar-refractivity contribution in [2.24, 2.45) is 23.5 Å². The largest absolute Gasteiger partial charge is 0.327 e. The van der Waals surface area contributed by atoms with Crippen LogP contribution in [0.4, 0.5) is 0 Å². The SMILES string of the molecule is NC1C2CCC(C2)C1C(=O)c1cccc(C2CCC2)c1. The minimum absolute atomic E-state index is 0.0883. The van der Waals surface area contributed by atoms with Crippen molar-refractivity contribution in [3.05, 3.63) is 35.4 Å². The van der Waals surface area contributed by atoms with Crippen LogP contribution in [0.1, 0.15) is 60.4 Å². The predicted molar refractivity (Wildman–Crippen MR) is 79.7 cm³/mol. The van der Waals surface area contributed by atoms with E-state index in [1.54, 1.807) is 0 Å².